The molecule has 3 N–H and O–H groups in total. The minimum atomic E-state index is -0.340. The van der Waals surface area contributed by atoms with Crippen molar-refractivity contribution in [2.45, 2.75) is 6.42 Å². The van der Waals surface area contributed by atoms with E-state index < -0.39 is 0 Å². The highest BCUT2D eigenvalue weighted by Crippen LogP contribution is 2.32. The molecule has 0 radical (unpaired) electrons. The maximum absolute atomic E-state index is 13.8. The average molecular weight is 434 g/mol. The number of amides is 1. The van der Waals surface area contributed by atoms with Crippen LogP contribution < -0.4 is 20.9 Å². The summed E-state index contributed by atoms with van der Waals surface area (Å²) in [5, 5.41) is 11.2. The van der Waals surface area contributed by atoms with Gasteiger partial charge in [0.05, 0.1) is 12.8 Å². The number of methoxy groups -OCH3 is 1. The van der Waals surface area contributed by atoms with E-state index in [0.29, 0.717) is 40.2 Å². The summed E-state index contributed by atoms with van der Waals surface area (Å²) in [6, 6.07) is 15.1. The predicted octanol–water partition coefficient (Wildman–Crippen LogP) is 4.06. The lowest BCUT2D eigenvalue weighted by molar-refractivity contribution is 0.0954. The van der Waals surface area contributed by atoms with Crippen molar-refractivity contribution in [2.24, 2.45) is 16.3 Å². The second kappa shape index (κ2) is 10.7. The molecule has 0 aliphatic carbocycles. The third kappa shape index (κ3) is 5.25. The highest BCUT2D eigenvalue weighted by molar-refractivity contribution is 5.97. The first kappa shape index (κ1) is 22.4. The first-order valence-electron chi connectivity index (χ1n) is 9.76. The molecule has 0 saturated heterocycles. The van der Waals surface area contributed by atoms with E-state index in [0.717, 1.165) is 0 Å². The Hall–Kier alpha value is -4.27. The summed E-state index contributed by atoms with van der Waals surface area (Å²) >= 11 is 0. The van der Waals surface area contributed by atoms with Gasteiger partial charge in [-0.05, 0) is 53.6 Å². The lowest BCUT2D eigenvalue weighted by atomic mass is 10.0. The van der Waals surface area contributed by atoms with Crippen LogP contribution in [0.25, 0.3) is 11.3 Å². The lowest BCUT2D eigenvalue weighted by Crippen LogP contribution is -2.26. The van der Waals surface area contributed by atoms with Gasteiger partial charge in [0.1, 0.15) is 17.3 Å². The highest BCUT2D eigenvalue weighted by atomic mass is 19.1. The van der Waals surface area contributed by atoms with Gasteiger partial charge < -0.3 is 15.9 Å². The van der Waals surface area contributed by atoms with Crippen molar-refractivity contribution in [3.63, 3.8) is 0 Å². The molecular formula is C23H23FN6O2. The number of carbonyl (C=O) groups excluding carboxylic acids is 1. The Kier molecular flexibility index (Phi) is 7.47. The molecule has 3 aromatic rings. The van der Waals surface area contributed by atoms with Crippen LogP contribution in [0.1, 0.15) is 15.9 Å². The summed E-state index contributed by atoms with van der Waals surface area (Å²) in [7, 11) is 1.54. The van der Waals surface area contributed by atoms with E-state index in [1.807, 2.05) is 0 Å². The Morgan fingerprint density at radius 2 is 2.09 bits per heavy atom. The zero-order chi connectivity index (χ0) is 22.9. The van der Waals surface area contributed by atoms with Gasteiger partial charge >= 0.3 is 0 Å². The van der Waals surface area contributed by atoms with Gasteiger partial charge in [0.25, 0.3) is 5.91 Å². The number of hydrogen-bond donors (Lipinski definition) is 2. The summed E-state index contributed by atoms with van der Waals surface area (Å²) in [6.07, 6.45) is 3.40. The quantitative estimate of drug-likeness (QED) is 0.300. The predicted molar refractivity (Wildman–Crippen MR) is 120 cm³/mol. The Balaban J connectivity index is 1.92. The minimum absolute atomic E-state index is 0.264. The maximum atomic E-state index is 13.8. The van der Waals surface area contributed by atoms with Crippen molar-refractivity contribution in [3.05, 3.63) is 90.5 Å². The Labute approximate surface area is 185 Å². The largest absolute Gasteiger partial charge is 0.494 e. The minimum Gasteiger partial charge on any atom is -0.494 e. The van der Waals surface area contributed by atoms with E-state index in [9.17, 15) is 9.18 Å². The van der Waals surface area contributed by atoms with Crippen LogP contribution in [0.2, 0.25) is 0 Å². The molecule has 0 spiro atoms. The van der Waals surface area contributed by atoms with Crippen LogP contribution in [-0.4, -0.2) is 24.5 Å². The van der Waals surface area contributed by atoms with Gasteiger partial charge in [-0.1, -0.05) is 30.0 Å². The molecule has 0 fully saturated rings. The molecule has 0 aliphatic heterocycles. The average Bonchev–Trinajstić information content (AvgIpc) is 2.83. The van der Waals surface area contributed by atoms with Gasteiger partial charge in [0, 0.05) is 30.1 Å². The maximum Gasteiger partial charge on any atom is 0.251 e. The Morgan fingerprint density at radius 3 is 2.81 bits per heavy atom. The van der Waals surface area contributed by atoms with Crippen LogP contribution in [-0.2, 0) is 6.42 Å². The second-order valence-corrected chi connectivity index (χ2v) is 6.65. The fourth-order valence-electron chi connectivity index (χ4n) is 3.15. The molecule has 1 amide bonds. The number of aromatic nitrogens is 1. The zero-order valence-corrected chi connectivity index (χ0v) is 17.5. The number of nitrogens with one attached hydrogen (secondary N) is 1. The summed E-state index contributed by atoms with van der Waals surface area (Å²) in [5.41, 5.74) is 2.54. The van der Waals surface area contributed by atoms with Crippen molar-refractivity contribution in [1.29, 1.82) is 0 Å². The number of hydrogen-bond acceptors (Lipinski definition) is 5. The molecule has 0 aliphatic rings. The van der Waals surface area contributed by atoms with Crippen LogP contribution in [0, 0.1) is 5.82 Å². The molecule has 9 heteroatoms. The molecule has 3 rings (SSSR count). The summed E-state index contributed by atoms with van der Waals surface area (Å²) in [6.45, 7) is 3.96. The van der Waals surface area contributed by atoms with Crippen molar-refractivity contribution < 1.29 is 13.9 Å². The van der Waals surface area contributed by atoms with E-state index in [1.165, 1.54) is 17.3 Å². The fourth-order valence-corrected chi connectivity index (χ4v) is 3.15. The number of halogens is 1. The third-order valence-electron chi connectivity index (χ3n) is 4.67. The molecule has 0 unspecified atom stereocenters. The number of nitrogens with two attached hydrogens (primary N) is 1. The van der Waals surface area contributed by atoms with Crippen LogP contribution in [0.3, 0.4) is 0 Å². The molecule has 1 heterocycles. The van der Waals surface area contributed by atoms with E-state index in [1.54, 1.807) is 61.8 Å². The normalized spacial score (nSPS) is 10.7. The van der Waals surface area contributed by atoms with Crippen LogP contribution >= 0.6 is 0 Å². The zero-order valence-electron chi connectivity index (χ0n) is 17.5. The number of nitrogens with zero attached hydrogens (tertiary/aromatic N) is 4. The number of carbonyl (C=O) groups is 1. The number of anilines is 1. The van der Waals surface area contributed by atoms with E-state index in [4.69, 9.17) is 10.6 Å². The van der Waals surface area contributed by atoms with Crippen molar-refractivity contribution in [3.8, 4) is 17.0 Å². The van der Waals surface area contributed by atoms with Gasteiger partial charge in [0.15, 0.2) is 0 Å². The topological polar surface area (TPSA) is 105 Å². The molecule has 8 nitrogen and oxygen atoms in total. The number of rotatable bonds is 9. The van der Waals surface area contributed by atoms with Gasteiger partial charge in [-0.2, -0.15) is 0 Å². The summed E-state index contributed by atoms with van der Waals surface area (Å²) in [5.74, 6) is 5.09. The van der Waals surface area contributed by atoms with Crippen LogP contribution in [0.15, 0.2) is 84.0 Å². The molecule has 2 aromatic carbocycles. The van der Waals surface area contributed by atoms with E-state index in [2.05, 4.69) is 27.3 Å². The Morgan fingerprint density at radius 1 is 1.28 bits per heavy atom. The lowest BCUT2D eigenvalue weighted by Gasteiger charge is -2.16. The van der Waals surface area contributed by atoms with Gasteiger partial charge in [-0.3, -0.25) is 9.78 Å². The van der Waals surface area contributed by atoms with Crippen molar-refractivity contribution in [2.75, 3.05) is 18.7 Å². The van der Waals surface area contributed by atoms with Crippen LogP contribution in [0.5, 0.6) is 5.75 Å². The van der Waals surface area contributed by atoms with Gasteiger partial charge in [-0.15, -0.1) is 0 Å². The molecule has 0 saturated carbocycles. The summed E-state index contributed by atoms with van der Waals surface area (Å²) < 4.78 is 19.2. The first-order valence-corrected chi connectivity index (χ1v) is 9.76. The second-order valence-electron chi connectivity index (χ2n) is 6.65. The van der Waals surface area contributed by atoms with E-state index >= 15 is 0 Å². The van der Waals surface area contributed by atoms with Crippen LogP contribution in [0.4, 0.5) is 10.1 Å². The standard InChI is InChI=1S/C23H23FN6O2/c1-3-30(29-28-25)19-14-17(22-21(32-2)9-6-11-26-22)13-18(15-19)23(31)27-12-10-16-7-4-5-8-20(16)24/h3-9,11,13-15H,1,10,12H2,2H3,(H2,25,29)(H,27,31). The Bertz CT molecular complexity index is 1130. The summed E-state index contributed by atoms with van der Waals surface area (Å²) in [4.78, 5) is 17.3. The molecule has 1 aromatic heterocycles. The SMILES string of the molecule is C=CN(/N=N\N)c1cc(C(=O)NCCc2ccccc2F)cc(-c2ncccc2OC)c1. The smallest absolute Gasteiger partial charge is 0.251 e. The highest BCUT2D eigenvalue weighted by Gasteiger charge is 2.16. The first-order chi connectivity index (χ1) is 15.6. The number of pyridine rings is 1. The van der Waals surface area contributed by atoms with Gasteiger partial charge in [0.2, 0.25) is 0 Å². The molecule has 0 atom stereocenters. The monoisotopic (exact) mass is 434 g/mol. The molecule has 164 valence electrons. The van der Waals surface area contributed by atoms with E-state index in [-0.39, 0.29) is 18.3 Å². The number of ether oxygens (including phenoxy) is 1. The molecular weight excluding hydrogens is 411 g/mol. The van der Waals surface area contributed by atoms with Crippen molar-refractivity contribution >= 4 is 11.6 Å². The molecule has 32 heavy (non-hydrogen) atoms. The number of benzene rings is 2. The third-order valence-corrected chi connectivity index (χ3v) is 4.67. The van der Waals surface area contributed by atoms with Crippen molar-refractivity contribution in [1.82, 2.24) is 10.3 Å². The van der Waals surface area contributed by atoms with Gasteiger partial charge in [-0.25, -0.2) is 9.40 Å². The fraction of sp³-hybridized carbons (Fsp3) is 0.130. The molecule has 0 bridgehead atoms.